The number of hydrogen-bond donors (Lipinski definition) is 0. The molecular weight excluding hydrogens is 406 g/mol. The third-order valence-corrected chi connectivity index (χ3v) is 7.44. The van der Waals surface area contributed by atoms with Crippen molar-refractivity contribution < 1.29 is 4.74 Å². The Morgan fingerprint density at radius 2 is 1.96 bits per heavy atom. The highest BCUT2D eigenvalue weighted by molar-refractivity contribution is 9.10. The maximum absolute atomic E-state index is 5.56. The van der Waals surface area contributed by atoms with Crippen LogP contribution in [-0.4, -0.2) is 19.4 Å². The first kappa shape index (κ1) is 19.6. The minimum Gasteiger partial charge on any atom is -0.496 e. The van der Waals surface area contributed by atoms with Gasteiger partial charge in [-0.3, -0.25) is 0 Å². The van der Waals surface area contributed by atoms with Gasteiger partial charge < -0.3 is 9.64 Å². The zero-order valence-corrected chi connectivity index (χ0v) is 18.3. The van der Waals surface area contributed by atoms with E-state index < -0.39 is 0 Å². The molecule has 1 atom stereocenters. The number of hydrogen-bond acceptors (Lipinski definition) is 3. The molecule has 1 aliphatic heterocycles. The molecule has 0 saturated heterocycles. The van der Waals surface area contributed by atoms with Crippen LogP contribution in [0.4, 0.5) is 11.4 Å². The van der Waals surface area contributed by atoms with E-state index in [-0.39, 0.29) is 0 Å². The molecule has 2 aromatic rings. The number of methoxy groups -OCH3 is 1. The average Bonchev–Trinajstić information content (AvgIpc) is 2.84. The Balaban J connectivity index is 2.09. The largest absolute Gasteiger partial charge is 0.496 e. The molecule has 3 rings (SSSR count). The van der Waals surface area contributed by atoms with Crippen LogP contribution in [0, 0.1) is 5.41 Å². The molecule has 26 heavy (non-hydrogen) atoms. The number of ether oxygens (including phenoxy) is 1. The van der Waals surface area contributed by atoms with E-state index >= 15 is 0 Å². The van der Waals surface area contributed by atoms with Crippen molar-refractivity contribution in [2.24, 2.45) is 5.41 Å². The van der Waals surface area contributed by atoms with Crippen molar-refractivity contribution in [3.63, 3.8) is 0 Å². The van der Waals surface area contributed by atoms with Gasteiger partial charge >= 0.3 is 0 Å². The predicted molar refractivity (Wildman–Crippen MR) is 117 cm³/mol. The molecule has 0 aliphatic carbocycles. The Hall–Kier alpha value is -1.13. The van der Waals surface area contributed by atoms with Gasteiger partial charge in [-0.1, -0.05) is 44.9 Å². The number of halogens is 1. The SMILES string of the molecule is CCCCC1(CC)CSc2cc(OC)c(Br)cc2N(c2ccccc2)C1. The molecule has 0 spiro atoms. The molecule has 0 N–H and O–H groups in total. The molecule has 0 aromatic heterocycles. The van der Waals surface area contributed by atoms with Gasteiger partial charge in [0.25, 0.3) is 0 Å². The Kier molecular flexibility index (Phi) is 6.57. The summed E-state index contributed by atoms with van der Waals surface area (Å²) in [5, 5.41) is 0. The summed E-state index contributed by atoms with van der Waals surface area (Å²) in [5.41, 5.74) is 2.87. The van der Waals surface area contributed by atoms with Crippen molar-refractivity contribution in [3.05, 3.63) is 46.9 Å². The molecular formula is C22H28BrNOS. The summed E-state index contributed by atoms with van der Waals surface area (Å²) >= 11 is 5.67. The van der Waals surface area contributed by atoms with E-state index in [2.05, 4.69) is 77.1 Å². The number of benzene rings is 2. The molecule has 0 bridgehead atoms. The summed E-state index contributed by atoms with van der Waals surface area (Å²) < 4.78 is 6.57. The van der Waals surface area contributed by atoms with Crippen LogP contribution in [0.5, 0.6) is 5.75 Å². The van der Waals surface area contributed by atoms with Gasteiger partial charge in [0.15, 0.2) is 0 Å². The fourth-order valence-electron chi connectivity index (χ4n) is 3.64. The first-order valence-corrected chi connectivity index (χ1v) is 11.2. The number of para-hydroxylation sites is 1. The van der Waals surface area contributed by atoms with Crippen molar-refractivity contribution in [2.75, 3.05) is 24.3 Å². The smallest absolute Gasteiger partial charge is 0.134 e. The summed E-state index contributed by atoms with van der Waals surface area (Å²) in [6.45, 7) is 5.71. The molecule has 2 aromatic carbocycles. The van der Waals surface area contributed by atoms with Crippen LogP contribution < -0.4 is 9.64 Å². The van der Waals surface area contributed by atoms with Crippen molar-refractivity contribution >= 4 is 39.1 Å². The van der Waals surface area contributed by atoms with E-state index in [9.17, 15) is 0 Å². The zero-order valence-electron chi connectivity index (χ0n) is 15.9. The minimum atomic E-state index is 0.329. The topological polar surface area (TPSA) is 12.5 Å². The summed E-state index contributed by atoms with van der Waals surface area (Å²) in [5.74, 6) is 2.06. The molecule has 2 nitrogen and oxygen atoms in total. The fraction of sp³-hybridized carbons (Fsp3) is 0.455. The van der Waals surface area contributed by atoms with E-state index in [1.807, 2.05) is 11.8 Å². The highest BCUT2D eigenvalue weighted by Crippen LogP contribution is 2.49. The summed E-state index contributed by atoms with van der Waals surface area (Å²) in [6.07, 6.45) is 5.03. The number of fused-ring (bicyclic) bond motifs is 1. The summed E-state index contributed by atoms with van der Waals surface area (Å²) in [6, 6.07) is 15.2. The maximum Gasteiger partial charge on any atom is 0.134 e. The van der Waals surface area contributed by atoms with Gasteiger partial charge in [0.1, 0.15) is 5.75 Å². The van der Waals surface area contributed by atoms with Crippen molar-refractivity contribution in [1.82, 2.24) is 0 Å². The quantitative estimate of drug-likeness (QED) is 0.474. The number of unbranched alkanes of at least 4 members (excludes halogenated alkanes) is 1. The van der Waals surface area contributed by atoms with Gasteiger partial charge in [0.2, 0.25) is 0 Å². The standard InChI is InChI=1S/C22H28BrNOS/c1-4-6-12-22(5-2)15-24(17-10-8-7-9-11-17)19-13-18(23)20(25-3)14-21(19)26-16-22/h7-11,13-14H,4-6,12,15-16H2,1-3H3. The molecule has 1 unspecified atom stereocenters. The Labute approximate surface area is 170 Å². The van der Waals surface area contributed by atoms with Gasteiger partial charge in [-0.2, -0.15) is 0 Å². The summed E-state index contributed by atoms with van der Waals surface area (Å²) in [4.78, 5) is 3.82. The van der Waals surface area contributed by atoms with Crippen LogP contribution in [0.1, 0.15) is 39.5 Å². The van der Waals surface area contributed by atoms with Crippen LogP contribution in [0.15, 0.2) is 51.8 Å². The fourth-order valence-corrected chi connectivity index (χ4v) is 5.54. The van der Waals surface area contributed by atoms with Crippen molar-refractivity contribution in [3.8, 4) is 5.75 Å². The van der Waals surface area contributed by atoms with E-state index in [4.69, 9.17) is 4.74 Å². The number of rotatable bonds is 6. The molecule has 140 valence electrons. The van der Waals surface area contributed by atoms with E-state index in [1.165, 1.54) is 42.0 Å². The van der Waals surface area contributed by atoms with Crippen LogP contribution in [0.3, 0.4) is 0 Å². The van der Waals surface area contributed by atoms with Crippen LogP contribution >= 0.6 is 27.7 Å². The molecule has 0 saturated carbocycles. The normalized spacial score (nSPS) is 19.8. The monoisotopic (exact) mass is 433 g/mol. The third kappa shape index (κ3) is 4.07. The average molecular weight is 434 g/mol. The van der Waals surface area contributed by atoms with Crippen LogP contribution in [-0.2, 0) is 0 Å². The lowest BCUT2D eigenvalue weighted by Gasteiger charge is -2.36. The van der Waals surface area contributed by atoms with Gasteiger partial charge in [-0.25, -0.2) is 0 Å². The Morgan fingerprint density at radius 3 is 2.62 bits per heavy atom. The second-order valence-corrected chi connectivity index (χ2v) is 8.99. The summed E-state index contributed by atoms with van der Waals surface area (Å²) in [7, 11) is 1.74. The molecule has 0 amide bonds. The lowest BCUT2D eigenvalue weighted by molar-refractivity contribution is 0.295. The Morgan fingerprint density at radius 1 is 1.19 bits per heavy atom. The molecule has 0 radical (unpaired) electrons. The third-order valence-electron chi connectivity index (χ3n) is 5.43. The van der Waals surface area contributed by atoms with E-state index in [0.717, 1.165) is 22.5 Å². The van der Waals surface area contributed by atoms with Crippen LogP contribution in [0.2, 0.25) is 0 Å². The zero-order chi connectivity index (χ0) is 18.6. The Bertz CT molecular complexity index is 736. The molecule has 4 heteroatoms. The van der Waals surface area contributed by atoms with Gasteiger partial charge in [-0.15, -0.1) is 11.8 Å². The minimum absolute atomic E-state index is 0.329. The lowest BCUT2D eigenvalue weighted by Crippen LogP contribution is -2.35. The van der Waals surface area contributed by atoms with E-state index in [1.54, 1.807) is 7.11 Å². The lowest BCUT2D eigenvalue weighted by atomic mass is 9.81. The maximum atomic E-state index is 5.56. The molecule has 0 fully saturated rings. The highest BCUT2D eigenvalue weighted by Gasteiger charge is 2.35. The highest BCUT2D eigenvalue weighted by atomic mass is 79.9. The van der Waals surface area contributed by atoms with Gasteiger partial charge in [-0.05, 0) is 58.5 Å². The number of anilines is 2. The van der Waals surface area contributed by atoms with Crippen molar-refractivity contribution in [1.29, 1.82) is 0 Å². The second kappa shape index (κ2) is 8.71. The van der Waals surface area contributed by atoms with Crippen molar-refractivity contribution in [2.45, 2.75) is 44.4 Å². The van der Waals surface area contributed by atoms with Gasteiger partial charge in [0, 0.05) is 22.9 Å². The van der Waals surface area contributed by atoms with E-state index in [0.29, 0.717) is 5.41 Å². The molecule has 1 heterocycles. The first-order chi connectivity index (χ1) is 12.6. The first-order valence-electron chi connectivity index (χ1n) is 9.45. The van der Waals surface area contributed by atoms with Gasteiger partial charge in [0.05, 0.1) is 17.3 Å². The molecule has 1 aliphatic rings. The number of nitrogens with zero attached hydrogens (tertiary/aromatic N) is 1. The second-order valence-electron chi connectivity index (χ2n) is 7.12. The number of thioether (sulfide) groups is 1. The van der Waals surface area contributed by atoms with Crippen LogP contribution in [0.25, 0.3) is 0 Å². The predicted octanol–water partition coefficient (Wildman–Crippen LogP) is 7.29.